The summed E-state index contributed by atoms with van der Waals surface area (Å²) >= 11 is 0. The largest absolute Gasteiger partial charge is 0.457 e. The van der Waals surface area contributed by atoms with Crippen LogP contribution in [0, 0.1) is 0 Å². The SMILES string of the molecule is CC/C=C\C/C=C\C/C=C\C/C=C\C/C=C\CCCCCCCCCCCCOCC(COC1OC(CO)C(O)C(O)C1O)OC(=O)CCCCCCC/C=C\CCCCCC. The van der Waals surface area contributed by atoms with E-state index in [4.69, 9.17) is 18.9 Å². The molecule has 9 nitrogen and oxygen atoms in total. The summed E-state index contributed by atoms with van der Waals surface area (Å²) in [5.74, 6) is -0.327. The zero-order valence-electron chi connectivity index (χ0n) is 39.3. The minimum Gasteiger partial charge on any atom is -0.457 e. The minimum absolute atomic E-state index is 0.121. The van der Waals surface area contributed by atoms with E-state index in [1.165, 1.54) is 96.3 Å². The van der Waals surface area contributed by atoms with E-state index in [-0.39, 0.29) is 19.2 Å². The molecule has 0 saturated carbocycles. The lowest BCUT2D eigenvalue weighted by Gasteiger charge is -2.39. The predicted molar refractivity (Wildman–Crippen MR) is 256 cm³/mol. The summed E-state index contributed by atoms with van der Waals surface area (Å²) in [5.41, 5.74) is 0. The number of unbranched alkanes of at least 4 members (excludes halogenated alkanes) is 19. The molecule has 62 heavy (non-hydrogen) atoms. The molecule has 6 atom stereocenters. The number of ether oxygens (including phenoxy) is 4. The van der Waals surface area contributed by atoms with Gasteiger partial charge in [-0.2, -0.15) is 0 Å². The highest BCUT2D eigenvalue weighted by Crippen LogP contribution is 2.22. The van der Waals surface area contributed by atoms with Gasteiger partial charge in [0.25, 0.3) is 0 Å². The van der Waals surface area contributed by atoms with Crippen LogP contribution in [0.5, 0.6) is 0 Å². The number of allylic oxidation sites excluding steroid dienone is 12. The molecule has 0 bridgehead atoms. The van der Waals surface area contributed by atoms with Gasteiger partial charge in [0.2, 0.25) is 0 Å². The molecule has 1 aliphatic rings. The van der Waals surface area contributed by atoms with E-state index in [1.54, 1.807) is 0 Å². The van der Waals surface area contributed by atoms with Crippen LogP contribution in [-0.4, -0.2) is 89.6 Å². The van der Waals surface area contributed by atoms with Gasteiger partial charge in [0, 0.05) is 13.0 Å². The van der Waals surface area contributed by atoms with Gasteiger partial charge in [-0.25, -0.2) is 0 Å². The van der Waals surface area contributed by atoms with Crippen LogP contribution < -0.4 is 0 Å². The third-order valence-electron chi connectivity index (χ3n) is 11.1. The molecular weight excluding hydrogens is 781 g/mol. The lowest BCUT2D eigenvalue weighted by molar-refractivity contribution is -0.305. The predicted octanol–water partition coefficient (Wildman–Crippen LogP) is 12.0. The standard InChI is InChI=1S/C53H92O9/c1-3-5-7-9-11-13-15-17-18-19-20-21-22-23-24-25-26-27-28-29-31-33-35-37-39-41-43-59-45-47(46-60-53-52(58)51(57)50(56)48(44-54)62-53)61-49(55)42-40-38-36-34-32-30-16-14-12-10-8-6-4-2/h5,7,11,13-14,16-18,20-21,23-24,47-48,50-54,56-58H,3-4,6,8-10,12,15,19,22,25-46H2,1-2H3/b7-5-,13-11-,16-14-,18-17-,21-20-,24-23-. The number of aliphatic hydroxyl groups is 4. The van der Waals surface area contributed by atoms with Crippen molar-refractivity contribution >= 4 is 5.97 Å². The van der Waals surface area contributed by atoms with E-state index in [9.17, 15) is 25.2 Å². The maximum atomic E-state index is 12.8. The lowest BCUT2D eigenvalue weighted by Crippen LogP contribution is -2.59. The molecule has 9 heteroatoms. The highest BCUT2D eigenvalue weighted by molar-refractivity contribution is 5.69. The van der Waals surface area contributed by atoms with E-state index < -0.39 is 43.4 Å². The molecule has 0 aromatic carbocycles. The molecule has 0 aromatic rings. The Balaban J connectivity index is 2.19. The van der Waals surface area contributed by atoms with E-state index in [2.05, 4.69) is 86.8 Å². The van der Waals surface area contributed by atoms with Crippen molar-refractivity contribution in [3.8, 4) is 0 Å². The first-order valence-electron chi connectivity index (χ1n) is 25.0. The van der Waals surface area contributed by atoms with Crippen LogP contribution in [0.4, 0.5) is 0 Å². The molecule has 4 N–H and O–H groups in total. The number of carbonyl (C=O) groups is 1. The normalized spacial score (nSPS) is 20.4. The monoisotopic (exact) mass is 873 g/mol. The number of hydrogen-bond acceptors (Lipinski definition) is 9. The Kier molecular flexibility index (Phi) is 40.8. The van der Waals surface area contributed by atoms with E-state index in [0.29, 0.717) is 13.0 Å². The molecule has 1 aliphatic heterocycles. The van der Waals surface area contributed by atoms with Crippen molar-refractivity contribution in [1.29, 1.82) is 0 Å². The fourth-order valence-corrected chi connectivity index (χ4v) is 7.22. The van der Waals surface area contributed by atoms with Crippen LogP contribution >= 0.6 is 0 Å². The average Bonchev–Trinajstić information content (AvgIpc) is 3.27. The Bertz CT molecular complexity index is 1180. The molecule has 6 unspecified atom stereocenters. The van der Waals surface area contributed by atoms with Gasteiger partial charge < -0.3 is 39.4 Å². The number of esters is 1. The zero-order valence-corrected chi connectivity index (χ0v) is 39.3. The Morgan fingerprint density at radius 3 is 1.50 bits per heavy atom. The summed E-state index contributed by atoms with van der Waals surface area (Å²) in [6, 6.07) is 0. The average molecular weight is 873 g/mol. The van der Waals surface area contributed by atoms with Crippen LogP contribution in [0.2, 0.25) is 0 Å². The third kappa shape index (κ3) is 34.1. The highest BCUT2D eigenvalue weighted by Gasteiger charge is 2.44. The lowest BCUT2D eigenvalue weighted by atomic mass is 9.99. The zero-order chi connectivity index (χ0) is 45.0. The molecule has 0 amide bonds. The number of aliphatic hydroxyl groups excluding tert-OH is 4. The Morgan fingerprint density at radius 2 is 0.984 bits per heavy atom. The fourth-order valence-electron chi connectivity index (χ4n) is 7.22. The Labute approximate surface area is 378 Å². The maximum Gasteiger partial charge on any atom is 0.306 e. The maximum absolute atomic E-state index is 12.8. The second-order valence-corrected chi connectivity index (χ2v) is 16.9. The van der Waals surface area contributed by atoms with Gasteiger partial charge in [0.15, 0.2) is 6.29 Å². The summed E-state index contributed by atoms with van der Waals surface area (Å²) in [6.07, 6.45) is 50.8. The van der Waals surface area contributed by atoms with Crippen LogP contribution in [0.15, 0.2) is 72.9 Å². The fraction of sp³-hybridized carbons (Fsp3) is 0.755. The van der Waals surface area contributed by atoms with Crippen molar-refractivity contribution in [2.75, 3.05) is 26.4 Å². The van der Waals surface area contributed by atoms with E-state index >= 15 is 0 Å². The Hall–Kier alpha value is -2.37. The van der Waals surface area contributed by atoms with Gasteiger partial charge in [-0.15, -0.1) is 0 Å². The molecule has 1 fully saturated rings. The second kappa shape index (κ2) is 43.9. The molecule has 1 saturated heterocycles. The number of rotatable bonds is 42. The van der Waals surface area contributed by atoms with Crippen molar-refractivity contribution in [3.05, 3.63) is 72.9 Å². The summed E-state index contributed by atoms with van der Waals surface area (Å²) < 4.78 is 22.8. The molecule has 1 rings (SSSR count). The third-order valence-corrected chi connectivity index (χ3v) is 11.1. The van der Waals surface area contributed by atoms with Crippen LogP contribution in [0.1, 0.15) is 194 Å². The van der Waals surface area contributed by atoms with Gasteiger partial charge in [0.1, 0.15) is 30.5 Å². The van der Waals surface area contributed by atoms with Crippen molar-refractivity contribution in [2.45, 2.75) is 230 Å². The first kappa shape index (κ1) is 57.6. The number of carbonyl (C=O) groups excluding carboxylic acids is 1. The van der Waals surface area contributed by atoms with Crippen molar-refractivity contribution in [2.24, 2.45) is 0 Å². The molecule has 0 aliphatic carbocycles. The van der Waals surface area contributed by atoms with Crippen molar-refractivity contribution in [3.63, 3.8) is 0 Å². The molecule has 0 radical (unpaired) electrons. The van der Waals surface area contributed by atoms with Gasteiger partial charge in [-0.1, -0.05) is 177 Å². The van der Waals surface area contributed by atoms with Gasteiger partial charge >= 0.3 is 5.97 Å². The molecule has 1 heterocycles. The number of hydrogen-bond donors (Lipinski definition) is 4. The second-order valence-electron chi connectivity index (χ2n) is 16.9. The summed E-state index contributed by atoms with van der Waals surface area (Å²) in [5, 5.41) is 40.2. The summed E-state index contributed by atoms with van der Waals surface area (Å²) in [6.45, 7) is 4.40. The Morgan fingerprint density at radius 1 is 0.532 bits per heavy atom. The first-order chi connectivity index (χ1) is 30.4. The van der Waals surface area contributed by atoms with E-state index in [0.717, 1.165) is 77.0 Å². The van der Waals surface area contributed by atoms with Crippen LogP contribution in [-0.2, 0) is 23.7 Å². The summed E-state index contributed by atoms with van der Waals surface area (Å²) in [7, 11) is 0. The quantitative estimate of drug-likeness (QED) is 0.0269. The molecule has 0 spiro atoms. The van der Waals surface area contributed by atoms with E-state index in [1.807, 2.05) is 0 Å². The summed E-state index contributed by atoms with van der Waals surface area (Å²) in [4.78, 5) is 12.8. The highest BCUT2D eigenvalue weighted by atomic mass is 16.7. The molecule has 0 aromatic heterocycles. The van der Waals surface area contributed by atoms with Crippen LogP contribution in [0.25, 0.3) is 0 Å². The minimum atomic E-state index is -1.54. The van der Waals surface area contributed by atoms with Gasteiger partial charge in [-0.05, 0) is 83.5 Å². The van der Waals surface area contributed by atoms with Gasteiger partial charge in [-0.3, -0.25) is 4.79 Å². The van der Waals surface area contributed by atoms with Crippen LogP contribution in [0.3, 0.4) is 0 Å². The topological polar surface area (TPSA) is 135 Å². The smallest absolute Gasteiger partial charge is 0.306 e. The van der Waals surface area contributed by atoms with Gasteiger partial charge in [0.05, 0.1) is 19.8 Å². The molecular formula is C53H92O9. The van der Waals surface area contributed by atoms with Crippen molar-refractivity contribution in [1.82, 2.24) is 0 Å². The first-order valence-corrected chi connectivity index (χ1v) is 25.0. The molecule has 358 valence electrons. The van der Waals surface area contributed by atoms with Crippen molar-refractivity contribution < 1.29 is 44.2 Å².